The molecule has 0 aliphatic rings. The Balaban J connectivity index is 1.85. The van der Waals surface area contributed by atoms with Crippen molar-refractivity contribution in [1.29, 1.82) is 0 Å². The van der Waals surface area contributed by atoms with Gasteiger partial charge in [-0.3, -0.25) is 9.10 Å². The number of hydrazone groups is 1. The lowest BCUT2D eigenvalue weighted by Crippen LogP contribution is -2.39. The second-order valence-corrected chi connectivity index (χ2v) is 9.90. The Bertz CT molecular complexity index is 1300. The van der Waals surface area contributed by atoms with E-state index in [1.165, 1.54) is 24.8 Å². The molecule has 7 nitrogen and oxygen atoms in total. The molecule has 3 aromatic rings. The van der Waals surface area contributed by atoms with Gasteiger partial charge in [0.15, 0.2) is 0 Å². The van der Waals surface area contributed by atoms with Crippen molar-refractivity contribution in [2.45, 2.75) is 32.6 Å². The maximum atomic E-state index is 13.4. The molecule has 0 aliphatic heterocycles. The van der Waals surface area contributed by atoms with Gasteiger partial charge in [-0.05, 0) is 86.3 Å². The second-order valence-electron chi connectivity index (χ2n) is 8.04. The fourth-order valence-electron chi connectivity index (χ4n) is 3.36. The first-order valence-electron chi connectivity index (χ1n) is 10.8. The average molecular weight is 480 g/mol. The third-order valence-corrected chi connectivity index (χ3v) is 7.54. The number of methoxy groups -OCH3 is 1. The highest BCUT2D eigenvalue weighted by Gasteiger charge is 2.27. The van der Waals surface area contributed by atoms with Gasteiger partial charge in [0.1, 0.15) is 12.3 Å². The van der Waals surface area contributed by atoms with E-state index in [1.807, 2.05) is 39.8 Å². The lowest BCUT2D eigenvalue weighted by Gasteiger charge is -2.24. The predicted octanol–water partition coefficient (Wildman–Crippen LogP) is 4.27. The van der Waals surface area contributed by atoms with Gasteiger partial charge < -0.3 is 4.74 Å². The molecule has 0 aromatic heterocycles. The lowest BCUT2D eigenvalue weighted by atomic mass is 10.00. The van der Waals surface area contributed by atoms with Crippen molar-refractivity contribution in [2.75, 3.05) is 18.0 Å². The standard InChI is InChI=1S/C26H29N3O4S/c1-18-6-14-25(15-7-18)34(31,32)29(23-10-12-24(33-5)13-11-23)17-26(30)28-27-16-22-9-8-19(2)20(3)21(22)4/h6-16H,17H2,1-5H3,(H,28,30)/b27-16-. The van der Waals surface area contributed by atoms with Gasteiger partial charge >= 0.3 is 0 Å². The third-order valence-electron chi connectivity index (χ3n) is 5.75. The summed E-state index contributed by atoms with van der Waals surface area (Å²) in [4.78, 5) is 12.8. The SMILES string of the molecule is COc1ccc(N(CC(=O)N/N=C\c2ccc(C)c(C)c2C)S(=O)(=O)c2ccc(C)cc2)cc1. The van der Waals surface area contributed by atoms with E-state index in [1.54, 1.807) is 42.6 Å². The first-order valence-corrected chi connectivity index (χ1v) is 12.2. The van der Waals surface area contributed by atoms with Crippen molar-refractivity contribution in [3.05, 3.63) is 88.5 Å². The first-order chi connectivity index (χ1) is 16.1. The smallest absolute Gasteiger partial charge is 0.264 e. The highest BCUT2D eigenvalue weighted by molar-refractivity contribution is 7.92. The van der Waals surface area contributed by atoms with Gasteiger partial charge in [-0.25, -0.2) is 13.8 Å². The first kappa shape index (κ1) is 25.0. The molecule has 0 saturated heterocycles. The summed E-state index contributed by atoms with van der Waals surface area (Å²) in [6.45, 7) is 7.49. The van der Waals surface area contributed by atoms with Gasteiger partial charge in [0.25, 0.3) is 15.9 Å². The van der Waals surface area contributed by atoms with Crippen LogP contribution in [0.2, 0.25) is 0 Å². The molecule has 178 valence electrons. The maximum absolute atomic E-state index is 13.4. The topological polar surface area (TPSA) is 88.1 Å². The summed E-state index contributed by atoms with van der Waals surface area (Å²) >= 11 is 0. The molecule has 0 atom stereocenters. The summed E-state index contributed by atoms with van der Waals surface area (Å²) in [5, 5.41) is 4.05. The zero-order chi connectivity index (χ0) is 24.9. The number of carbonyl (C=O) groups is 1. The van der Waals surface area contributed by atoms with Crippen LogP contribution in [0.15, 0.2) is 70.7 Å². The van der Waals surface area contributed by atoms with Crippen LogP contribution in [0.5, 0.6) is 5.75 Å². The maximum Gasteiger partial charge on any atom is 0.264 e. The molecule has 0 aliphatic carbocycles. The number of benzene rings is 3. The van der Waals surface area contributed by atoms with Crippen molar-refractivity contribution in [1.82, 2.24) is 5.43 Å². The number of nitrogens with one attached hydrogen (secondary N) is 1. The van der Waals surface area contributed by atoms with Crippen LogP contribution in [-0.4, -0.2) is 34.2 Å². The fraction of sp³-hybridized carbons (Fsp3) is 0.231. The number of nitrogens with zero attached hydrogens (tertiary/aromatic N) is 2. The van der Waals surface area contributed by atoms with E-state index in [0.717, 1.165) is 26.6 Å². The van der Waals surface area contributed by atoms with E-state index in [2.05, 4.69) is 10.5 Å². The minimum Gasteiger partial charge on any atom is -0.497 e. The molecular weight excluding hydrogens is 450 g/mol. The van der Waals surface area contributed by atoms with Crippen LogP contribution in [0.25, 0.3) is 0 Å². The molecule has 1 N–H and O–H groups in total. The Morgan fingerprint density at radius 1 is 0.941 bits per heavy atom. The van der Waals surface area contributed by atoms with E-state index in [4.69, 9.17) is 4.74 Å². The quantitative estimate of drug-likeness (QED) is 0.386. The number of aryl methyl sites for hydroxylation is 2. The molecule has 0 spiro atoms. The number of anilines is 1. The van der Waals surface area contributed by atoms with Crippen molar-refractivity contribution >= 4 is 27.8 Å². The highest BCUT2D eigenvalue weighted by atomic mass is 32.2. The molecule has 34 heavy (non-hydrogen) atoms. The molecule has 0 fully saturated rings. The van der Waals surface area contributed by atoms with E-state index in [0.29, 0.717) is 11.4 Å². The van der Waals surface area contributed by atoms with E-state index in [-0.39, 0.29) is 4.90 Å². The molecule has 3 aromatic carbocycles. The van der Waals surface area contributed by atoms with Crippen LogP contribution in [0.4, 0.5) is 5.69 Å². The number of ether oxygens (including phenoxy) is 1. The minimum atomic E-state index is -4.00. The summed E-state index contributed by atoms with van der Waals surface area (Å²) < 4.78 is 33.1. The van der Waals surface area contributed by atoms with Crippen molar-refractivity contribution < 1.29 is 17.9 Å². The number of amides is 1. The zero-order valence-corrected chi connectivity index (χ0v) is 20.8. The minimum absolute atomic E-state index is 0.0935. The van der Waals surface area contributed by atoms with E-state index in [9.17, 15) is 13.2 Å². The highest BCUT2D eigenvalue weighted by Crippen LogP contribution is 2.26. The Morgan fingerprint density at radius 3 is 2.21 bits per heavy atom. The Morgan fingerprint density at radius 2 is 1.59 bits per heavy atom. The van der Waals surface area contributed by atoms with Crippen molar-refractivity contribution in [3.8, 4) is 5.75 Å². The average Bonchev–Trinajstić information content (AvgIpc) is 2.83. The molecule has 8 heteroatoms. The second kappa shape index (κ2) is 10.5. The van der Waals surface area contributed by atoms with Gasteiger partial charge in [0.2, 0.25) is 0 Å². The fourth-order valence-corrected chi connectivity index (χ4v) is 4.78. The summed E-state index contributed by atoms with van der Waals surface area (Å²) in [7, 11) is -2.47. The van der Waals surface area contributed by atoms with Gasteiger partial charge in [-0.15, -0.1) is 0 Å². The number of rotatable bonds is 8. The molecule has 3 rings (SSSR count). The van der Waals surface area contributed by atoms with Crippen LogP contribution < -0.4 is 14.5 Å². The molecule has 0 unspecified atom stereocenters. The number of carbonyl (C=O) groups excluding carboxylic acids is 1. The number of hydrogen-bond donors (Lipinski definition) is 1. The van der Waals surface area contributed by atoms with Crippen LogP contribution in [0.3, 0.4) is 0 Å². The molecular formula is C26H29N3O4S. The molecule has 0 saturated carbocycles. The molecule has 1 amide bonds. The van der Waals surface area contributed by atoms with Crippen LogP contribution in [0.1, 0.15) is 27.8 Å². The van der Waals surface area contributed by atoms with Crippen LogP contribution >= 0.6 is 0 Å². The monoisotopic (exact) mass is 479 g/mol. The lowest BCUT2D eigenvalue weighted by molar-refractivity contribution is -0.119. The van der Waals surface area contributed by atoms with Gasteiger partial charge in [0, 0.05) is 0 Å². The van der Waals surface area contributed by atoms with Crippen LogP contribution in [-0.2, 0) is 14.8 Å². The van der Waals surface area contributed by atoms with E-state index < -0.39 is 22.5 Å². The third kappa shape index (κ3) is 5.63. The summed E-state index contributed by atoms with van der Waals surface area (Å²) in [5.41, 5.74) is 8.00. The van der Waals surface area contributed by atoms with Crippen molar-refractivity contribution in [3.63, 3.8) is 0 Å². The molecule has 0 heterocycles. The number of sulfonamides is 1. The van der Waals surface area contributed by atoms with Gasteiger partial charge in [-0.2, -0.15) is 5.10 Å². The zero-order valence-electron chi connectivity index (χ0n) is 20.0. The van der Waals surface area contributed by atoms with Crippen molar-refractivity contribution in [2.24, 2.45) is 5.10 Å². The largest absolute Gasteiger partial charge is 0.497 e. The normalized spacial score (nSPS) is 11.4. The van der Waals surface area contributed by atoms with Gasteiger partial charge in [0.05, 0.1) is 23.9 Å². The molecule has 0 radical (unpaired) electrons. The predicted molar refractivity (Wildman–Crippen MR) is 135 cm³/mol. The summed E-state index contributed by atoms with van der Waals surface area (Å²) in [6.07, 6.45) is 1.56. The van der Waals surface area contributed by atoms with E-state index >= 15 is 0 Å². The van der Waals surface area contributed by atoms with Crippen LogP contribution in [0, 0.1) is 27.7 Å². The summed E-state index contributed by atoms with van der Waals surface area (Å²) in [6, 6.07) is 16.9. The van der Waals surface area contributed by atoms with Gasteiger partial charge in [-0.1, -0.05) is 29.8 Å². The number of hydrogen-bond acceptors (Lipinski definition) is 5. The Hall–Kier alpha value is -3.65. The Labute approximate surface area is 201 Å². The molecule has 0 bridgehead atoms. The Kier molecular flexibility index (Phi) is 7.73. The summed E-state index contributed by atoms with van der Waals surface area (Å²) in [5.74, 6) is 0.0125.